The Morgan fingerprint density at radius 3 is 2.37 bits per heavy atom. The van der Waals surface area contributed by atoms with Crippen molar-refractivity contribution in [2.75, 3.05) is 6.61 Å². The molecule has 0 saturated carbocycles. The van der Waals surface area contributed by atoms with Gasteiger partial charge in [0.1, 0.15) is 6.54 Å². The highest BCUT2D eigenvalue weighted by Gasteiger charge is 2.18. The lowest BCUT2D eigenvalue weighted by atomic mass is 9.87. The molecular weight excluding hydrogens is 443 g/mol. The molecule has 3 rings (SSSR count). The van der Waals surface area contributed by atoms with Crippen molar-refractivity contribution in [3.63, 3.8) is 0 Å². The molecule has 1 heterocycles. The maximum Gasteiger partial charge on any atom is 0.326 e. The highest BCUT2D eigenvalue weighted by molar-refractivity contribution is 7.16. The second kappa shape index (κ2) is 8.92. The van der Waals surface area contributed by atoms with E-state index in [0.717, 1.165) is 10.3 Å². The molecule has 0 fully saturated rings. The van der Waals surface area contributed by atoms with E-state index in [4.69, 9.17) is 27.9 Å². The summed E-state index contributed by atoms with van der Waals surface area (Å²) in [4.78, 5) is 29.6. The van der Waals surface area contributed by atoms with Crippen molar-refractivity contribution in [2.45, 2.75) is 39.7 Å². The third kappa shape index (κ3) is 4.77. The van der Waals surface area contributed by atoms with E-state index in [1.165, 1.54) is 11.3 Å². The number of fused-ring (bicyclic) bond motifs is 1. The van der Waals surface area contributed by atoms with E-state index < -0.39 is 11.9 Å². The standard InChI is InChI=1S/C22H22Cl2N2O3S/c1-5-29-17(27)12-26-19-16(11-10-15(23)18(19)24)30-21(26)25-20(28)13-6-8-14(9-7-13)22(2,3)4/h6-11H,5,12H2,1-4H3. The van der Waals surface area contributed by atoms with E-state index >= 15 is 0 Å². The molecule has 158 valence electrons. The molecule has 0 radical (unpaired) electrons. The molecule has 0 aliphatic heterocycles. The number of ether oxygens (including phenoxy) is 1. The second-order valence-electron chi connectivity index (χ2n) is 7.73. The van der Waals surface area contributed by atoms with Gasteiger partial charge >= 0.3 is 5.97 Å². The first kappa shape index (κ1) is 22.5. The second-order valence-corrected chi connectivity index (χ2v) is 9.52. The lowest BCUT2D eigenvalue weighted by Crippen LogP contribution is -2.23. The quantitative estimate of drug-likeness (QED) is 0.471. The Morgan fingerprint density at radius 2 is 1.77 bits per heavy atom. The van der Waals surface area contributed by atoms with Crippen LogP contribution < -0.4 is 4.80 Å². The fraction of sp³-hybridized carbons (Fsp3) is 0.318. The number of rotatable bonds is 4. The predicted octanol–water partition coefficient (Wildman–Crippen LogP) is 5.61. The molecule has 8 heteroatoms. The van der Waals surface area contributed by atoms with Gasteiger partial charge in [-0.05, 0) is 42.2 Å². The van der Waals surface area contributed by atoms with Gasteiger partial charge in [0.25, 0.3) is 5.91 Å². The van der Waals surface area contributed by atoms with Crippen LogP contribution in [0.15, 0.2) is 41.4 Å². The lowest BCUT2D eigenvalue weighted by molar-refractivity contribution is -0.143. The van der Waals surface area contributed by atoms with Crippen molar-refractivity contribution in [1.82, 2.24) is 4.57 Å². The fourth-order valence-electron chi connectivity index (χ4n) is 2.93. The van der Waals surface area contributed by atoms with Crippen LogP contribution in [0.3, 0.4) is 0 Å². The number of thiazole rings is 1. The minimum Gasteiger partial charge on any atom is -0.465 e. The Balaban J connectivity index is 2.09. The summed E-state index contributed by atoms with van der Waals surface area (Å²) in [5.74, 6) is -0.849. The zero-order valence-electron chi connectivity index (χ0n) is 17.2. The van der Waals surface area contributed by atoms with Crippen LogP contribution in [-0.4, -0.2) is 23.1 Å². The topological polar surface area (TPSA) is 60.7 Å². The SMILES string of the molecule is CCOC(=O)Cn1c(=NC(=O)c2ccc(C(C)(C)C)cc2)sc2ccc(Cl)c(Cl)c21. The number of esters is 1. The molecule has 1 amide bonds. The maximum absolute atomic E-state index is 12.8. The summed E-state index contributed by atoms with van der Waals surface area (Å²) in [6, 6.07) is 10.8. The number of benzene rings is 2. The molecule has 0 aliphatic carbocycles. The lowest BCUT2D eigenvalue weighted by Gasteiger charge is -2.18. The van der Waals surface area contributed by atoms with Crippen LogP contribution in [0.4, 0.5) is 0 Å². The first-order valence-corrected chi connectivity index (χ1v) is 11.0. The summed E-state index contributed by atoms with van der Waals surface area (Å²) in [5.41, 5.74) is 2.13. The van der Waals surface area contributed by atoms with Gasteiger partial charge in [0, 0.05) is 5.56 Å². The van der Waals surface area contributed by atoms with Crippen LogP contribution in [0.2, 0.25) is 10.0 Å². The van der Waals surface area contributed by atoms with E-state index in [2.05, 4.69) is 25.8 Å². The van der Waals surface area contributed by atoms with Crippen LogP contribution in [0.1, 0.15) is 43.6 Å². The summed E-state index contributed by atoms with van der Waals surface area (Å²) in [6.07, 6.45) is 0. The molecule has 0 aliphatic rings. The average Bonchev–Trinajstić information content (AvgIpc) is 3.02. The zero-order valence-corrected chi connectivity index (χ0v) is 19.5. The van der Waals surface area contributed by atoms with Gasteiger partial charge in [-0.3, -0.25) is 9.59 Å². The number of halogens is 2. The zero-order chi connectivity index (χ0) is 22.1. The third-order valence-corrected chi connectivity index (χ3v) is 6.36. The van der Waals surface area contributed by atoms with Gasteiger partial charge in [-0.1, -0.05) is 67.4 Å². The predicted molar refractivity (Wildman–Crippen MR) is 122 cm³/mol. The monoisotopic (exact) mass is 464 g/mol. The number of aromatic nitrogens is 1. The largest absolute Gasteiger partial charge is 0.465 e. The van der Waals surface area contributed by atoms with Crippen LogP contribution in [0.5, 0.6) is 0 Å². The summed E-state index contributed by atoms with van der Waals surface area (Å²) in [6.45, 7) is 8.19. The number of nitrogens with zero attached hydrogens (tertiary/aromatic N) is 2. The van der Waals surface area contributed by atoms with Gasteiger partial charge in [-0.2, -0.15) is 4.99 Å². The molecule has 0 N–H and O–H groups in total. The Labute approximate surface area is 188 Å². The summed E-state index contributed by atoms with van der Waals surface area (Å²) in [5, 5.41) is 0.661. The van der Waals surface area contributed by atoms with Crippen molar-refractivity contribution in [1.29, 1.82) is 0 Å². The molecule has 0 atom stereocenters. The summed E-state index contributed by atoms with van der Waals surface area (Å²) < 4.78 is 7.41. The van der Waals surface area contributed by atoms with Crippen LogP contribution in [0, 0.1) is 0 Å². The smallest absolute Gasteiger partial charge is 0.326 e. The summed E-state index contributed by atoms with van der Waals surface area (Å²) >= 11 is 13.8. The Bertz CT molecular complexity index is 1170. The number of hydrogen-bond acceptors (Lipinski definition) is 4. The van der Waals surface area contributed by atoms with Gasteiger partial charge in [-0.15, -0.1) is 0 Å². The molecule has 0 spiro atoms. The summed E-state index contributed by atoms with van der Waals surface area (Å²) in [7, 11) is 0. The van der Waals surface area contributed by atoms with E-state index in [9.17, 15) is 9.59 Å². The third-order valence-electron chi connectivity index (χ3n) is 4.52. The molecule has 1 aromatic heterocycles. The van der Waals surface area contributed by atoms with Crippen LogP contribution >= 0.6 is 34.5 Å². The van der Waals surface area contributed by atoms with Crippen molar-refractivity contribution < 1.29 is 14.3 Å². The highest BCUT2D eigenvalue weighted by Crippen LogP contribution is 2.32. The molecule has 5 nitrogen and oxygen atoms in total. The van der Waals surface area contributed by atoms with Crippen LogP contribution in [-0.2, 0) is 21.5 Å². The molecular formula is C22H22Cl2N2O3S. The Kier molecular flexibility index (Phi) is 6.70. The van der Waals surface area contributed by atoms with E-state index in [1.54, 1.807) is 35.8 Å². The molecule has 0 unspecified atom stereocenters. The minimum atomic E-state index is -0.448. The highest BCUT2D eigenvalue weighted by atomic mass is 35.5. The van der Waals surface area contributed by atoms with Gasteiger partial charge in [0.05, 0.1) is 26.9 Å². The number of amides is 1. The van der Waals surface area contributed by atoms with Gasteiger partial charge in [0.2, 0.25) is 0 Å². The van der Waals surface area contributed by atoms with Gasteiger partial charge in [0.15, 0.2) is 4.80 Å². The number of hydrogen-bond donors (Lipinski definition) is 0. The molecule has 3 aromatic rings. The molecule has 2 aromatic carbocycles. The molecule has 0 bridgehead atoms. The molecule has 30 heavy (non-hydrogen) atoms. The van der Waals surface area contributed by atoms with E-state index in [0.29, 0.717) is 25.9 Å². The van der Waals surface area contributed by atoms with Crippen molar-refractivity contribution in [2.24, 2.45) is 4.99 Å². The normalized spacial score (nSPS) is 12.4. The van der Waals surface area contributed by atoms with E-state index in [-0.39, 0.29) is 18.6 Å². The Hall–Kier alpha value is -2.15. The van der Waals surface area contributed by atoms with Crippen LogP contribution in [0.25, 0.3) is 10.2 Å². The van der Waals surface area contributed by atoms with E-state index in [1.807, 2.05) is 12.1 Å². The van der Waals surface area contributed by atoms with Crippen molar-refractivity contribution in [3.8, 4) is 0 Å². The molecule has 0 saturated heterocycles. The van der Waals surface area contributed by atoms with Crippen molar-refractivity contribution >= 4 is 56.6 Å². The Morgan fingerprint density at radius 1 is 1.10 bits per heavy atom. The fourth-order valence-corrected chi connectivity index (χ4v) is 4.45. The average molecular weight is 465 g/mol. The number of carbonyl (C=O) groups excluding carboxylic acids is 2. The first-order chi connectivity index (χ1) is 14.1. The first-order valence-electron chi connectivity index (χ1n) is 9.44. The minimum absolute atomic E-state index is 0.0110. The maximum atomic E-state index is 12.8. The van der Waals surface area contributed by atoms with Crippen molar-refractivity contribution in [3.05, 3.63) is 62.4 Å². The number of carbonyl (C=O) groups is 2. The van der Waals surface area contributed by atoms with Gasteiger partial charge in [-0.25, -0.2) is 0 Å². The van der Waals surface area contributed by atoms with Gasteiger partial charge < -0.3 is 9.30 Å².